The van der Waals surface area contributed by atoms with Crippen LogP contribution in [0.2, 0.25) is 0 Å². The molecule has 0 aromatic rings. The molecule has 7 heteroatoms. The van der Waals surface area contributed by atoms with Crippen molar-refractivity contribution in [3.05, 3.63) is 0 Å². The lowest BCUT2D eigenvalue weighted by Crippen LogP contribution is -2.47. The Morgan fingerprint density at radius 2 is 2.00 bits per heavy atom. The van der Waals surface area contributed by atoms with E-state index in [0.717, 1.165) is 0 Å². The van der Waals surface area contributed by atoms with Gasteiger partial charge in [-0.2, -0.15) is 0 Å². The first-order valence-corrected chi connectivity index (χ1v) is 5.82. The Hall–Kier alpha value is -1.63. The third-order valence-corrected chi connectivity index (χ3v) is 2.36. The molecule has 0 radical (unpaired) electrons. The maximum Gasteiger partial charge on any atom is 0.332 e. The van der Waals surface area contributed by atoms with Gasteiger partial charge in [-0.25, -0.2) is 4.79 Å². The number of nitrogens with one attached hydrogen (secondary N) is 1. The highest BCUT2D eigenvalue weighted by Crippen LogP contribution is 2.04. The summed E-state index contributed by atoms with van der Waals surface area (Å²) in [6.45, 7) is 3.66. The van der Waals surface area contributed by atoms with Crippen LogP contribution in [0.3, 0.4) is 0 Å². The largest absolute Gasteiger partial charge is 0.481 e. The molecule has 1 amide bonds. The summed E-state index contributed by atoms with van der Waals surface area (Å²) in [6.07, 6.45) is 0.957. The van der Waals surface area contributed by atoms with Crippen LogP contribution < -0.4 is 11.1 Å². The Morgan fingerprint density at radius 1 is 1.39 bits per heavy atom. The zero-order valence-corrected chi connectivity index (χ0v) is 10.6. The zero-order chi connectivity index (χ0) is 14.1. The fraction of sp³-hybridized carbons (Fsp3) is 0.727. The third kappa shape index (κ3) is 6.19. The summed E-state index contributed by atoms with van der Waals surface area (Å²) in [5.41, 5.74) is 5.36. The van der Waals surface area contributed by atoms with Gasteiger partial charge in [-0.3, -0.25) is 9.59 Å². The van der Waals surface area contributed by atoms with Gasteiger partial charge in [0.2, 0.25) is 5.91 Å². The van der Waals surface area contributed by atoms with Crippen molar-refractivity contribution in [1.29, 1.82) is 0 Å². The van der Waals surface area contributed by atoms with Crippen LogP contribution in [0, 0.1) is 5.92 Å². The first kappa shape index (κ1) is 16.4. The van der Waals surface area contributed by atoms with Crippen LogP contribution in [0.5, 0.6) is 0 Å². The Kier molecular flexibility index (Phi) is 7.69. The van der Waals surface area contributed by atoms with Gasteiger partial charge in [0.25, 0.3) is 0 Å². The van der Waals surface area contributed by atoms with Gasteiger partial charge >= 0.3 is 11.9 Å². The van der Waals surface area contributed by atoms with E-state index in [1.54, 1.807) is 13.8 Å². The van der Waals surface area contributed by atoms with Gasteiger partial charge < -0.3 is 20.9 Å². The lowest BCUT2D eigenvalue weighted by atomic mass is 10.1. The number of esters is 1. The number of rotatable bonds is 8. The summed E-state index contributed by atoms with van der Waals surface area (Å²) in [5.74, 6) is -2.71. The van der Waals surface area contributed by atoms with E-state index in [4.69, 9.17) is 10.8 Å². The minimum Gasteiger partial charge on any atom is -0.481 e. The quantitative estimate of drug-likeness (QED) is 0.307. The van der Waals surface area contributed by atoms with E-state index < -0.39 is 29.8 Å². The molecule has 0 fully saturated rings. The molecule has 0 rings (SSSR count). The monoisotopic (exact) mass is 260 g/mol. The molecule has 0 saturated carbocycles. The van der Waals surface area contributed by atoms with E-state index in [1.807, 2.05) is 0 Å². The average Bonchev–Trinajstić information content (AvgIpc) is 2.33. The second kappa shape index (κ2) is 8.46. The first-order chi connectivity index (χ1) is 8.40. The van der Waals surface area contributed by atoms with Gasteiger partial charge in [0, 0.05) is 6.54 Å². The number of amides is 1. The zero-order valence-electron chi connectivity index (χ0n) is 10.6. The van der Waals surface area contributed by atoms with E-state index >= 15 is 0 Å². The van der Waals surface area contributed by atoms with Crippen LogP contribution in [0.4, 0.5) is 0 Å². The Bertz CT molecular complexity index is 306. The maximum atomic E-state index is 11.4. The molecule has 2 unspecified atom stereocenters. The molecule has 2 atom stereocenters. The molecule has 0 heterocycles. The molecular formula is C11H20N2O5. The van der Waals surface area contributed by atoms with Gasteiger partial charge in [-0.15, -0.1) is 0 Å². The van der Waals surface area contributed by atoms with Crippen molar-refractivity contribution in [3.8, 4) is 0 Å². The number of hydrogen-bond donors (Lipinski definition) is 3. The van der Waals surface area contributed by atoms with Crippen LogP contribution >= 0.6 is 0 Å². The first-order valence-electron chi connectivity index (χ1n) is 5.82. The van der Waals surface area contributed by atoms with Crippen molar-refractivity contribution < 1.29 is 24.2 Å². The number of hydrogen-bond acceptors (Lipinski definition) is 5. The van der Waals surface area contributed by atoms with Crippen molar-refractivity contribution in [3.63, 3.8) is 0 Å². The molecule has 0 aliphatic heterocycles. The Labute approximate surface area is 106 Å². The SMILES string of the molecule is CCOC(=O)C(N)C(=O)NCCCC(C)C(=O)O. The Balaban J connectivity index is 3.83. The van der Waals surface area contributed by atoms with Crippen molar-refractivity contribution >= 4 is 17.8 Å². The average molecular weight is 260 g/mol. The second-order valence-corrected chi connectivity index (χ2v) is 3.90. The molecule has 18 heavy (non-hydrogen) atoms. The highest BCUT2D eigenvalue weighted by atomic mass is 16.5. The molecule has 0 saturated heterocycles. The van der Waals surface area contributed by atoms with E-state index in [0.29, 0.717) is 12.8 Å². The molecule has 0 aromatic heterocycles. The van der Waals surface area contributed by atoms with E-state index in [-0.39, 0.29) is 13.2 Å². The third-order valence-electron chi connectivity index (χ3n) is 2.36. The van der Waals surface area contributed by atoms with Crippen molar-refractivity contribution in [2.75, 3.05) is 13.2 Å². The fourth-order valence-electron chi connectivity index (χ4n) is 1.19. The molecule has 0 aliphatic carbocycles. The fourth-order valence-corrected chi connectivity index (χ4v) is 1.19. The van der Waals surface area contributed by atoms with Gasteiger partial charge in [-0.1, -0.05) is 6.92 Å². The van der Waals surface area contributed by atoms with Gasteiger partial charge in [0.15, 0.2) is 6.04 Å². The second-order valence-electron chi connectivity index (χ2n) is 3.90. The summed E-state index contributed by atoms with van der Waals surface area (Å²) in [5, 5.41) is 11.1. The smallest absolute Gasteiger partial charge is 0.332 e. The lowest BCUT2D eigenvalue weighted by Gasteiger charge is -2.11. The highest BCUT2D eigenvalue weighted by molar-refractivity contribution is 6.01. The molecular weight excluding hydrogens is 240 g/mol. The number of aliphatic carboxylic acids is 1. The van der Waals surface area contributed by atoms with E-state index in [1.165, 1.54) is 0 Å². The minimum absolute atomic E-state index is 0.163. The number of carbonyl (C=O) groups is 3. The summed E-state index contributed by atoms with van der Waals surface area (Å²) >= 11 is 0. The number of carbonyl (C=O) groups excluding carboxylic acids is 2. The molecule has 0 bridgehead atoms. The molecule has 0 aliphatic rings. The topological polar surface area (TPSA) is 119 Å². The summed E-state index contributed by atoms with van der Waals surface area (Å²) in [6, 6.07) is -1.33. The molecule has 7 nitrogen and oxygen atoms in total. The van der Waals surface area contributed by atoms with Crippen LogP contribution in [0.15, 0.2) is 0 Å². The van der Waals surface area contributed by atoms with Crippen LogP contribution in [-0.4, -0.2) is 42.1 Å². The van der Waals surface area contributed by atoms with Crippen LogP contribution in [-0.2, 0) is 19.1 Å². The predicted octanol–water partition coefficient (Wildman–Crippen LogP) is -0.506. The summed E-state index contributed by atoms with van der Waals surface area (Å²) in [4.78, 5) is 33.0. The van der Waals surface area contributed by atoms with Crippen molar-refractivity contribution in [1.82, 2.24) is 5.32 Å². The van der Waals surface area contributed by atoms with E-state index in [2.05, 4.69) is 10.1 Å². The van der Waals surface area contributed by atoms with Crippen LogP contribution in [0.25, 0.3) is 0 Å². The van der Waals surface area contributed by atoms with Gasteiger partial charge in [0.05, 0.1) is 12.5 Å². The van der Waals surface area contributed by atoms with Gasteiger partial charge in [-0.05, 0) is 19.8 Å². The standard InChI is InChI=1S/C11H20N2O5/c1-3-18-11(17)8(12)9(14)13-6-4-5-7(2)10(15)16/h7-8H,3-6,12H2,1-2H3,(H,13,14)(H,15,16). The number of ether oxygens (including phenoxy) is 1. The normalized spacial score (nSPS) is 13.5. The Morgan fingerprint density at radius 3 is 2.50 bits per heavy atom. The van der Waals surface area contributed by atoms with Crippen molar-refractivity contribution in [2.24, 2.45) is 11.7 Å². The summed E-state index contributed by atoms with van der Waals surface area (Å²) < 4.78 is 4.60. The van der Waals surface area contributed by atoms with Gasteiger partial charge in [0.1, 0.15) is 0 Å². The number of carboxylic acid groups (broad SMARTS) is 1. The molecule has 104 valence electrons. The maximum absolute atomic E-state index is 11.4. The lowest BCUT2D eigenvalue weighted by molar-refractivity contribution is -0.148. The molecule has 0 spiro atoms. The number of nitrogens with two attached hydrogens (primary N) is 1. The molecule has 4 N–H and O–H groups in total. The summed E-state index contributed by atoms with van der Waals surface area (Å²) in [7, 11) is 0. The minimum atomic E-state index is -1.33. The highest BCUT2D eigenvalue weighted by Gasteiger charge is 2.22. The molecule has 0 aromatic carbocycles. The van der Waals surface area contributed by atoms with Crippen molar-refractivity contribution in [2.45, 2.75) is 32.7 Å². The van der Waals surface area contributed by atoms with Crippen LogP contribution in [0.1, 0.15) is 26.7 Å². The predicted molar refractivity (Wildman–Crippen MR) is 63.7 cm³/mol. The number of carboxylic acids is 1. The van der Waals surface area contributed by atoms with E-state index in [9.17, 15) is 14.4 Å².